The summed E-state index contributed by atoms with van der Waals surface area (Å²) in [5, 5.41) is 0.838. The van der Waals surface area contributed by atoms with E-state index in [0.29, 0.717) is 6.54 Å². The Balaban J connectivity index is 2.79. The maximum absolute atomic E-state index is 6.14. The minimum atomic E-state index is 0.670. The number of rotatable bonds is 4. The molecule has 0 aliphatic rings. The Morgan fingerprint density at radius 1 is 1.36 bits per heavy atom. The van der Waals surface area contributed by atoms with Crippen molar-refractivity contribution >= 4 is 11.6 Å². The Bertz CT molecular complexity index is 297. The Labute approximate surface area is 90.7 Å². The van der Waals surface area contributed by atoms with Gasteiger partial charge in [0.05, 0.1) is 0 Å². The largest absolute Gasteiger partial charge is 0.330 e. The summed E-state index contributed by atoms with van der Waals surface area (Å²) >= 11 is 6.14. The molecule has 0 saturated carbocycles. The van der Waals surface area contributed by atoms with Crippen molar-refractivity contribution in [2.45, 2.75) is 13.0 Å². The lowest BCUT2D eigenvalue weighted by Crippen LogP contribution is -2.11. The molecule has 0 aliphatic heterocycles. The van der Waals surface area contributed by atoms with E-state index in [2.05, 4.69) is 17.0 Å². The predicted octanol–water partition coefficient (Wildman–Crippen LogP) is 1.90. The van der Waals surface area contributed by atoms with Crippen LogP contribution in [0.15, 0.2) is 18.2 Å². The zero-order valence-corrected chi connectivity index (χ0v) is 9.51. The van der Waals surface area contributed by atoms with Crippen molar-refractivity contribution in [3.8, 4) is 0 Å². The second kappa shape index (κ2) is 5.35. The number of nitrogens with two attached hydrogens (primary N) is 1. The maximum atomic E-state index is 6.14. The van der Waals surface area contributed by atoms with Crippen molar-refractivity contribution in [3.05, 3.63) is 34.3 Å². The molecule has 1 aromatic carbocycles. The normalized spacial score (nSPS) is 10.9. The molecule has 0 atom stereocenters. The van der Waals surface area contributed by atoms with E-state index in [4.69, 9.17) is 17.3 Å². The molecule has 0 radical (unpaired) electrons. The summed E-state index contributed by atoms with van der Waals surface area (Å²) in [5.74, 6) is 0. The maximum Gasteiger partial charge on any atom is 0.0453 e. The molecular formula is C11H17ClN2. The molecule has 0 bridgehead atoms. The molecule has 2 nitrogen and oxygen atoms in total. The van der Waals surface area contributed by atoms with Gasteiger partial charge in [0, 0.05) is 11.6 Å². The van der Waals surface area contributed by atoms with Gasteiger partial charge in [-0.15, -0.1) is 0 Å². The molecule has 2 N–H and O–H groups in total. The van der Waals surface area contributed by atoms with Gasteiger partial charge in [-0.3, -0.25) is 0 Å². The van der Waals surface area contributed by atoms with E-state index in [1.54, 1.807) is 0 Å². The van der Waals surface area contributed by atoms with Crippen LogP contribution in [-0.4, -0.2) is 25.5 Å². The highest BCUT2D eigenvalue weighted by atomic mass is 35.5. The van der Waals surface area contributed by atoms with Crippen LogP contribution in [0.3, 0.4) is 0 Å². The average Bonchev–Trinajstić information content (AvgIpc) is 2.10. The van der Waals surface area contributed by atoms with Crippen LogP contribution >= 0.6 is 11.6 Å². The first-order valence-electron chi connectivity index (χ1n) is 4.75. The summed E-state index contributed by atoms with van der Waals surface area (Å²) in [6.07, 6.45) is 0.891. The van der Waals surface area contributed by atoms with Crippen molar-refractivity contribution in [2.75, 3.05) is 20.6 Å². The first kappa shape index (κ1) is 11.5. The van der Waals surface area contributed by atoms with Gasteiger partial charge in [0.15, 0.2) is 0 Å². The summed E-state index contributed by atoms with van der Waals surface area (Å²) in [6.45, 7) is 1.55. The van der Waals surface area contributed by atoms with Crippen LogP contribution < -0.4 is 5.73 Å². The number of hydrogen-bond donors (Lipinski definition) is 1. The van der Waals surface area contributed by atoms with Gasteiger partial charge in [-0.2, -0.15) is 0 Å². The number of hydrogen-bond acceptors (Lipinski definition) is 2. The Morgan fingerprint density at radius 3 is 2.57 bits per heavy atom. The minimum absolute atomic E-state index is 0.670. The van der Waals surface area contributed by atoms with E-state index >= 15 is 0 Å². The zero-order valence-electron chi connectivity index (χ0n) is 8.76. The van der Waals surface area contributed by atoms with E-state index in [1.807, 2.05) is 20.2 Å². The standard InChI is InChI=1S/C11H17ClN2/c1-14(2)8-10-4-3-9(5-6-13)7-11(10)12/h3-4,7H,5-6,8,13H2,1-2H3. The van der Waals surface area contributed by atoms with Crippen LogP contribution in [0.25, 0.3) is 0 Å². The summed E-state index contributed by atoms with van der Waals surface area (Å²) in [6, 6.07) is 6.18. The second-order valence-electron chi connectivity index (χ2n) is 3.70. The summed E-state index contributed by atoms with van der Waals surface area (Å²) in [5.41, 5.74) is 7.85. The van der Waals surface area contributed by atoms with Crippen LogP contribution in [0.1, 0.15) is 11.1 Å². The Hall–Kier alpha value is -0.570. The van der Waals surface area contributed by atoms with E-state index in [-0.39, 0.29) is 0 Å². The molecule has 3 heteroatoms. The topological polar surface area (TPSA) is 29.3 Å². The fraction of sp³-hybridized carbons (Fsp3) is 0.455. The van der Waals surface area contributed by atoms with Crippen molar-refractivity contribution < 1.29 is 0 Å². The lowest BCUT2D eigenvalue weighted by atomic mass is 10.1. The molecule has 0 aliphatic carbocycles. The van der Waals surface area contributed by atoms with Gasteiger partial charge in [-0.1, -0.05) is 23.7 Å². The first-order chi connectivity index (χ1) is 6.63. The van der Waals surface area contributed by atoms with Crippen molar-refractivity contribution in [3.63, 3.8) is 0 Å². The van der Waals surface area contributed by atoms with Gasteiger partial charge in [-0.05, 0) is 44.3 Å². The van der Waals surface area contributed by atoms with E-state index < -0.39 is 0 Å². The van der Waals surface area contributed by atoms with E-state index in [0.717, 1.165) is 23.6 Å². The molecule has 0 heterocycles. The van der Waals surface area contributed by atoms with Crippen molar-refractivity contribution in [1.82, 2.24) is 4.90 Å². The molecule has 0 fully saturated rings. The summed E-state index contributed by atoms with van der Waals surface area (Å²) < 4.78 is 0. The molecule has 78 valence electrons. The van der Waals surface area contributed by atoms with Crippen LogP contribution in [0.2, 0.25) is 5.02 Å². The average molecular weight is 213 g/mol. The van der Waals surface area contributed by atoms with Gasteiger partial charge in [0.25, 0.3) is 0 Å². The zero-order chi connectivity index (χ0) is 10.6. The van der Waals surface area contributed by atoms with Crippen molar-refractivity contribution in [2.24, 2.45) is 5.73 Å². The molecule has 0 saturated heterocycles. The predicted molar refractivity (Wildman–Crippen MR) is 61.6 cm³/mol. The monoisotopic (exact) mass is 212 g/mol. The highest BCUT2D eigenvalue weighted by molar-refractivity contribution is 6.31. The SMILES string of the molecule is CN(C)Cc1ccc(CCN)cc1Cl. The van der Waals surface area contributed by atoms with Crippen LogP contribution in [0.4, 0.5) is 0 Å². The van der Waals surface area contributed by atoms with Crippen molar-refractivity contribution in [1.29, 1.82) is 0 Å². The fourth-order valence-corrected chi connectivity index (χ4v) is 1.64. The number of halogens is 1. The molecule has 1 rings (SSSR count). The van der Waals surface area contributed by atoms with Gasteiger partial charge < -0.3 is 10.6 Å². The third-order valence-corrected chi connectivity index (χ3v) is 2.39. The van der Waals surface area contributed by atoms with Gasteiger partial charge in [0.1, 0.15) is 0 Å². The molecule has 0 aromatic heterocycles. The van der Waals surface area contributed by atoms with Gasteiger partial charge >= 0.3 is 0 Å². The minimum Gasteiger partial charge on any atom is -0.330 e. The summed E-state index contributed by atoms with van der Waals surface area (Å²) in [7, 11) is 4.06. The molecule has 1 aromatic rings. The summed E-state index contributed by atoms with van der Waals surface area (Å²) in [4.78, 5) is 2.10. The quantitative estimate of drug-likeness (QED) is 0.826. The Morgan fingerprint density at radius 2 is 2.07 bits per heavy atom. The molecule has 0 unspecified atom stereocenters. The third-order valence-electron chi connectivity index (χ3n) is 2.04. The molecular weight excluding hydrogens is 196 g/mol. The molecule has 0 amide bonds. The molecule has 14 heavy (non-hydrogen) atoms. The van der Waals surface area contributed by atoms with E-state index in [9.17, 15) is 0 Å². The third kappa shape index (κ3) is 3.29. The smallest absolute Gasteiger partial charge is 0.0453 e. The Kier molecular flexibility index (Phi) is 4.39. The van der Waals surface area contributed by atoms with Gasteiger partial charge in [-0.25, -0.2) is 0 Å². The second-order valence-corrected chi connectivity index (χ2v) is 4.11. The highest BCUT2D eigenvalue weighted by Gasteiger charge is 2.02. The van der Waals surface area contributed by atoms with Crippen LogP contribution in [0.5, 0.6) is 0 Å². The highest BCUT2D eigenvalue weighted by Crippen LogP contribution is 2.19. The number of benzene rings is 1. The fourth-order valence-electron chi connectivity index (χ4n) is 1.38. The lowest BCUT2D eigenvalue weighted by Gasteiger charge is -2.12. The lowest BCUT2D eigenvalue weighted by molar-refractivity contribution is 0.402. The first-order valence-corrected chi connectivity index (χ1v) is 5.13. The van der Waals surface area contributed by atoms with E-state index in [1.165, 1.54) is 5.56 Å². The van der Waals surface area contributed by atoms with Crippen LogP contribution in [0, 0.1) is 0 Å². The van der Waals surface area contributed by atoms with Gasteiger partial charge in [0.2, 0.25) is 0 Å². The number of nitrogens with zero attached hydrogens (tertiary/aromatic N) is 1. The molecule has 0 spiro atoms. The van der Waals surface area contributed by atoms with Crippen LogP contribution in [-0.2, 0) is 13.0 Å².